The Hall–Kier alpha value is -1.77. The molecule has 1 N–H and O–H groups in total. The van der Waals surface area contributed by atoms with Crippen LogP contribution in [0, 0.1) is 6.92 Å². The molecule has 0 bridgehead atoms. The number of pyridine rings is 1. The number of nitrogens with one attached hydrogen (secondary N) is 1. The molecule has 2 aromatic heterocycles. The number of aryl methyl sites for hydroxylation is 1. The SMILES string of the molecule is Cc1ccnc(NC(=O)c2cc(S(=O)(=O)N(C)C)cs2)c1. The molecule has 0 spiro atoms. The Morgan fingerprint density at radius 2 is 2.05 bits per heavy atom. The van der Waals surface area contributed by atoms with Crippen LogP contribution in [0.25, 0.3) is 0 Å². The van der Waals surface area contributed by atoms with Crippen molar-refractivity contribution >= 4 is 33.1 Å². The standard InChI is InChI=1S/C13H15N3O3S2/c1-9-4-5-14-12(6-9)15-13(17)11-7-10(8-20-11)21(18,19)16(2)3/h4-8H,1-3H3,(H,14,15,17). The van der Waals surface area contributed by atoms with E-state index in [1.807, 2.05) is 13.0 Å². The monoisotopic (exact) mass is 325 g/mol. The molecule has 21 heavy (non-hydrogen) atoms. The molecule has 8 heteroatoms. The number of aromatic nitrogens is 1. The molecular formula is C13H15N3O3S2. The lowest BCUT2D eigenvalue weighted by atomic mass is 10.3. The van der Waals surface area contributed by atoms with Crippen molar-refractivity contribution in [1.29, 1.82) is 0 Å². The van der Waals surface area contributed by atoms with Gasteiger partial charge in [0.25, 0.3) is 5.91 Å². The van der Waals surface area contributed by atoms with Crippen LogP contribution in [0.2, 0.25) is 0 Å². The summed E-state index contributed by atoms with van der Waals surface area (Å²) >= 11 is 1.08. The van der Waals surface area contributed by atoms with Crippen LogP contribution in [-0.4, -0.2) is 37.7 Å². The van der Waals surface area contributed by atoms with Crippen LogP contribution < -0.4 is 5.32 Å². The van der Waals surface area contributed by atoms with Crippen LogP contribution in [0.1, 0.15) is 15.2 Å². The largest absolute Gasteiger partial charge is 0.306 e. The molecule has 0 saturated heterocycles. The fourth-order valence-electron chi connectivity index (χ4n) is 1.57. The lowest BCUT2D eigenvalue weighted by Gasteiger charge is -2.08. The van der Waals surface area contributed by atoms with E-state index in [4.69, 9.17) is 0 Å². The first-order valence-corrected chi connectivity index (χ1v) is 8.38. The molecule has 0 aliphatic carbocycles. The van der Waals surface area contributed by atoms with Gasteiger partial charge in [-0.1, -0.05) is 0 Å². The second-order valence-electron chi connectivity index (χ2n) is 4.61. The van der Waals surface area contributed by atoms with Gasteiger partial charge in [-0.15, -0.1) is 11.3 Å². The molecule has 0 saturated carbocycles. The number of amides is 1. The number of carbonyl (C=O) groups excluding carboxylic acids is 1. The molecule has 2 aromatic rings. The summed E-state index contributed by atoms with van der Waals surface area (Å²) in [4.78, 5) is 16.6. The van der Waals surface area contributed by atoms with E-state index in [9.17, 15) is 13.2 Å². The van der Waals surface area contributed by atoms with E-state index in [1.165, 1.54) is 25.5 Å². The molecule has 0 unspecified atom stereocenters. The molecule has 112 valence electrons. The van der Waals surface area contributed by atoms with Gasteiger partial charge in [-0.2, -0.15) is 0 Å². The highest BCUT2D eigenvalue weighted by Crippen LogP contribution is 2.22. The van der Waals surface area contributed by atoms with E-state index in [-0.39, 0.29) is 10.8 Å². The average Bonchev–Trinajstić information content (AvgIpc) is 2.88. The minimum Gasteiger partial charge on any atom is -0.306 e. The molecule has 1 amide bonds. The Labute approximate surface area is 127 Å². The van der Waals surface area contributed by atoms with Crippen molar-refractivity contribution in [3.8, 4) is 0 Å². The minimum atomic E-state index is -3.52. The fourth-order valence-corrected chi connectivity index (χ4v) is 3.62. The smallest absolute Gasteiger partial charge is 0.266 e. The Balaban J connectivity index is 2.20. The van der Waals surface area contributed by atoms with Crippen LogP contribution in [0.4, 0.5) is 5.82 Å². The summed E-state index contributed by atoms with van der Waals surface area (Å²) in [6.07, 6.45) is 1.60. The molecule has 0 aliphatic heterocycles. The van der Waals surface area contributed by atoms with Gasteiger partial charge in [0.2, 0.25) is 10.0 Å². The fraction of sp³-hybridized carbons (Fsp3) is 0.231. The summed E-state index contributed by atoms with van der Waals surface area (Å²) in [5.41, 5.74) is 0.974. The van der Waals surface area contributed by atoms with Gasteiger partial charge in [0.05, 0.1) is 9.77 Å². The summed E-state index contributed by atoms with van der Waals surface area (Å²) in [6, 6.07) is 4.93. The van der Waals surface area contributed by atoms with Crippen molar-refractivity contribution in [1.82, 2.24) is 9.29 Å². The second kappa shape index (κ2) is 5.92. The zero-order valence-electron chi connectivity index (χ0n) is 11.8. The molecular weight excluding hydrogens is 310 g/mol. The Bertz CT molecular complexity index is 766. The van der Waals surface area contributed by atoms with Crippen molar-refractivity contribution in [2.24, 2.45) is 0 Å². The van der Waals surface area contributed by atoms with Gasteiger partial charge in [0.1, 0.15) is 5.82 Å². The third-order valence-electron chi connectivity index (χ3n) is 2.73. The summed E-state index contributed by atoms with van der Waals surface area (Å²) in [5.74, 6) is 0.0590. The van der Waals surface area contributed by atoms with E-state index in [0.29, 0.717) is 10.7 Å². The number of hydrogen-bond donors (Lipinski definition) is 1. The lowest BCUT2D eigenvalue weighted by Crippen LogP contribution is -2.21. The summed E-state index contributed by atoms with van der Waals surface area (Å²) in [5, 5.41) is 4.10. The molecule has 0 radical (unpaired) electrons. The number of nitrogens with zero attached hydrogens (tertiary/aromatic N) is 2. The summed E-state index contributed by atoms with van der Waals surface area (Å²) < 4.78 is 25.0. The van der Waals surface area contributed by atoms with Crippen LogP contribution in [0.15, 0.2) is 34.7 Å². The summed E-state index contributed by atoms with van der Waals surface area (Å²) in [6.45, 7) is 1.89. The highest BCUT2D eigenvalue weighted by molar-refractivity contribution is 7.89. The van der Waals surface area contributed by atoms with E-state index < -0.39 is 10.0 Å². The number of thiophene rings is 1. The molecule has 0 aromatic carbocycles. The first kappa shape index (κ1) is 15.6. The number of anilines is 1. The van der Waals surface area contributed by atoms with Gasteiger partial charge in [0, 0.05) is 25.7 Å². The second-order valence-corrected chi connectivity index (χ2v) is 7.67. The third kappa shape index (κ3) is 3.46. The highest BCUT2D eigenvalue weighted by Gasteiger charge is 2.21. The van der Waals surface area contributed by atoms with Gasteiger partial charge in [-0.3, -0.25) is 4.79 Å². The van der Waals surface area contributed by atoms with Crippen molar-refractivity contribution < 1.29 is 13.2 Å². The minimum absolute atomic E-state index is 0.111. The Morgan fingerprint density at radius 3 is 2.67 bits per heavy atom. The molecule has 2 heterocycles. The van der Waals surface area contributed by atoms with E-state index in [1.54, 1.807) is 12.3 Å². The first-order valence-electron chi connectivity index (χ1n) is 6.06. The van der Waals surface area contributed by atoms with E-state index in [0.717, 1.165) is 21.2 Å². The quantitative estimate of drug-likeness (QED) is 0.932. The average molecular weight is 325 g/mol. The normalized spacial score (nSPS) is 11.6. The van der Waals surface area contributed by atoms with Crippen molar-refractivity contribution in [2.75, 3.05) is 19.4 Å². The number of hydrogen-bond acceptors (Lipinski definition) is 5. The third-order valence-corrected chi connectivity index (χ3v) is 5.61. The molecule has 2 rings (SSSR count). The first-order chi connectivity index (χ1) is 9.80. The van der Waals surface area contributed by atoms with Gasteiger partial charge in [0.15, 0.2) is 0 Å². The topological polar surface area (TPSA) is 79.4 Å². The van der Waals surface area contributed by atoms with Gasteiger partial charge < -0.3 is 5.32 Å². The maximum absolute atomic E-state index is 12.1. The van der Waals surface area contributed by atoms with E-state index >= 15 is 0 Å². The predicted molar refractivity (Wildman–Crippen MR) is 82.1 cm³/mol. The Morgan fingerprint density at radius 1 is 1.33 bits per heavy atom. The molecule has 6 nitrogen and oxygen atoms in total. The highest BCUT2D eigenvalue weighted by atomic mass is 32.2. The zero-order chi connectivity index (χ0) is 15.6. The van der Waals surface area contributed by atoms with Crippen LogP contribution >= 0.6 is 11.3 Å². The summed E-state index contributed by atoms with van der Waals surface area (Å²) in [7, 11) is -0.625. The number of rotatable bonds is 4. The zero-order valence-corrected chi connectivity index (χ0v) is 13.5. The van der Waals surface area contributed by atoms with Crippen LogP contribution in [0.3, 0.4) is 0 Å². The molecule has 0 atom stereocenters. The predicted octanol–water partition coefficient (Wildman–Crippen LogP) is 1.95. The molecule has 0 aliphatic rings. The van der Waals surface area contributed by atoms with Crippen LogP contribution in [0.5, 0.6) is 0 Å². The van der Waals surface area contributed by atoms with Crippen molar-refractivity contribution in [3.63, 3.8) is 0 Å². The van der Waals surface area contributed by atoms with Crippen LogP contribution in [-0.2, 0) is 10.0 Å². The lowest BCUT2D eigenvalue weighted by molar-refractivity contribution is 0.103. The van der Waals surface area contributed by atoms with Gasteiger partial charge in [-0.05, 0) is 30.7 Å². The van der Waals surface area contributed by atoms with E-state index in [2.05, 4.69) is 10.3 Å². The van der Waals surface area contributed by atoms with Crippen molar-refractivity contribution in [2.45, 2.75) is 11.8 Å². The van der Waals surface area contributed by atoms with Gasteiger partial charge >= 0.3 is 0 Å². The van der Waals surface area contributed by atoms with Gasteiger partial charge in [-0.25, -0.2) is 17.7 Å². The maximum Gasteiger partial charge on any atom is 0.266 e. The van der Waals surface area contributed by atoms with Crippen molar-refractivity contribution in [3.05, 3.63) is 40.2 Å². The number of sulfonamides is 1. The number of carbonyl (C=O) groups is 1. The Kier molecular flexibility index (Phi) is 4.40. The maximum atomic E-state index is 12.1. The molecule has 0 fully saturated rings.